The van der Waals surface area contributed by atoms with E-state index in [-0.39, 0.29) is 11.4 Å². The van der Waals surface area contributed by atoms with E-state index in [0.29, 0.717) is 22.8 Å². The van der Waals surface area contributed by atoms with Crippen molar-refractivity contribution in [1.29, 1.82) is 0 Å². The molecule has 0 saturated heterocycles. The van der Waals surface area contributed by atoms with E-state index in [9.17, 15) is 21.6 Å². The van der Waals surface area contributed by atoms with Gasteiger partial charge in [0.15, 0.2) is 0 Å². The molecule has 142 valence electrons. The van der Waals surface area contributed by atoms with Gasteiger partial charge in [0.25, 0.3) is 0 Å². The predicted molar refractivity (Wildman–Crippen MR) is 94.3 cm³/mol. The van der Waals surface area contributed by atoms with Crippen molar-refractivity contribution in [3.63, 3.8) is 0 Å². The van der Waals surface area contributed by atoms with Gasteiger partial charge in [-0.3, -0.25) is 0 Å². The summed E-state index contributed by atoms with van der Waals surface area (Å²) in [6.45, 7) is 0.215. The van der Waals surface area contributed by atoms with Crippen LogP contribution in [0.15, 0.2) is 70.0 Å². The minimum Gasteiger partial charge on any atom is -0.459 e. The standard InChI is InChI=1S/C18H15F3N2O3S/c19-18(20,21)13-4-1-3-12(9-13)17-8-7-15(26-17)11-23-14-5-2-6-16(10-14)27(22,24)25/h1-10,23H,11H2,(H2,22,24,25). The smallest absolute Gasteiger partial charge is 0.416 e. The number of alkyl halides is 3. The third kappa shape index (κ3) is 4.69. The van der Waals surface area contributed by atoms with Gasteiger partial charge in [-0.25, -0.2) is 13.6 Å². The maximum absolute atomic E-state index is 12.8. The maximum Gasteiger partial charge on any atom is 0.416 e. The zero-order valence-corrected chi connectivity index (χ0v) is 14.6. The molecule has 3 rings (SSSR count). The number of rotatable bonds is 5. The van der Waals surface area contributed by atoms with Crippen molar-refractivity contribution < 1.29 is 26.0 Å². The molecular formula is C18H15F3N2O3S. The number of benzene rings is 2. The van der Waals surface area contributed by atoms with Crippen molar-refractivity contribution in [1.82, 2.24) is 0 Å². The normalized spacial score (nSPS) is 12.1. The molecule has 2 aromatic carbocycles. The topological polar surface area (TPSA) is 85.3 Å². The van der Waals surface area contributed by atoms with Crippen LogP contribution in [-0.2, 0) is 22.7 Å². The van der Waals surface area contributed by atoms with Crippen LogP contribution in [0.25, 0.3) is 11.3 Å². The first-order valence-electron chi connectivity index (χ1n) is 7.76. The Kier molecular flexibility index (Phi) is 4.99. The number of furan rings is 1. The summed E-state index contributed by atoms with van der Waals surface area (Å²) in [7, 11) is -3.81. The summed E-state index contributed by atoms with van der Waals surface area (Å²) >= 11 is 0. The summed E-state index contributed by atoms with van der Waals surface area (Å²) in [5, 5.41) is 8.07. The third-order valence-corrected chi connectivity index (χ3v) is 4.68. The minimum atomic E-state index is -4.43. The Hall–Kier alpha value is -2.78. The van der Waals surface area contributed by atoms with Crippen LogP contribution in [0, 0.1) is 0 Å². The number of nitrogens with two attached hydrogens (primary N) is 1. The molecule has 27 heavy (non-hydrogen) atoms. The van der Waals surface area contributed by atoms with E-state index in [0.717, 1.165) is 12.1 Å². The minimum absolute atomic E-state index is 0.0309. The monoisotopic (exact) mass is 396 g/mol. The Morgan fingerprint density at radius 2 is 1.74 bits per heavy atom. The van der Waals surface area contributed by atoms with E-state index in [1.165, 1.54) is 30.3 Å². The molecule has 0 unspecified atom stereocenters. The zero-order chi connectivity index (χ0) is 19.7. The number of sulfonamides is 1. The molecular weight excluding hydrogens is 381 g/mol. The Morgan fingerprint density at radius 3 is 2.44 bits per heavy atom. The molecule has 0 atom stereocenters. The molecule has 1 aromatic heterocycles. The molecule has 0 aliphatic heterocycles. The number of anilines is 1. The van der Waals surface area contributed by atoms with Gasteiger partial charge in [0.1, 0.15) is 11.5 Å². The van der Waals surface area contributed by atoms with Crippen molar-refractivity contribution >= 4 is 15.7 Å². The highest BCUT2D eigenvalue weighted by Crippen LogP contribution is 2.32. The highest BCUT2D eigenvalue weighted by molar-refractivity contribution is 7.89. The Morgan fingerprint density at radius 1 is 1.00 bits per heavy atom. The number of primary sulfonamides is 1. The first-order valence-corrected chi connectivity index (χ1v) is 9.31. The van der Waals surface area contributed by atoms with Gasteiger partial charge in [-0.2, -0.15) is 13.2 Å². The Bertz CT molecular complexity index is 1060. The highest BCUT2D eigenvalue weighted by Gasteiger charge is 2.30. The average molecular weight is 396 g/mol. The first kappa shape index (κ1) is 19.0. The van der Waals surface area contributed by atoms with E-state index in [1.807, 2.05) is 0 Å². The Labute approximate surface area is 153 Å². The third-order valence-electron chi connectivity index (χ3n) is 3.77. The van der Waals surface area contributed by atoms with Gasteiger partial charge in [0, 0.05) is 11.3 Å². The van der Waals surface area contributed by atoms with Crippen LogP contribution in [0.2, 0.25) is 0 Å². The van der Waals surface area contributed by atoms with Crippen molar-refractivity contribution in [2.75, 3.05) is 5.32 Å². The lowest BCUT2D eigenvalue weighted by atomic mass is 10.1. The fourth-order valence-electron chi connectivity index (χ4n) is 2.45. The lowest BCUT2D eigenvalue weighted by Crippen LogP contribution is -2.12. The van der Waals surface area contributed by atoms with E-state index >= 15 is 0 Å². The largest absolute Gasteiger partial charge is 0.459 e. The maximum atomic E-state index is 12.8. The molecule has 3 aromatic rings. The van der Waals surface area contributed by atoms with Crippen molar-refractivity contribution in [2.24, 2.45) is 5.14 Å². The molecule has 0 fully saturated rings. The average Bonchev–Trinajstić information content (AvgIpc) is 3.08. The number of halogens is 3. The van der Waals surface area contributed by atoms with Crippen LogP contribution in [0.3, 0.4) is 0 Å². The predicted octanol–water partition coefficient (Wildman–Crippen LogP) is 4.22. The number of hydrogen-bond donors (Lipinski definition) is 2. The Balaban J connectivity index is 1.74. The molecule has 3 N–H and O–H groups in total. The number of hydrogen-bond acceptors (Lipinski definition) is 4. The molecule has 1 heterocycles. The molecule has 0 aliphatic rings. The van der Waals surface area contributed by atoms with Crippen molar-refractivity contribution in [3.05, 3.63) is 72.0 Å². The summed E-state index contributed by atoms with van der Waals surface area (Å²) in [6.07, 6.45) is -4.43. The van der Waals surface area contributed by atoms with Gasteiger partial charge in [0.2, 0.25) is 10.0 Å². The lowest BCUT2D eigenvalue weighted by molar-refractivity contribution is -0.137. The summed E-state index contributed by atoms with van der Waals surface area (Å²) in [6, 6.07) is 14.0. The van der Waals surface area contributed by atoms with E-state index in [1.54, 1.807) is 18.2 Å². The second kappa shape index (κ2) is 7.09. The van der Waals surface area contributed by atoms with Crippen LogP contribution in [0.5, 0.6) is 0 Å². The van der Waals surface area contributed by atoms with Gasteiger partial charge in [-0.1, -0.05) is 18.2 Å². The SMILES string of the molecule is NS(=O)(=O)c1cccc(NCc2ccc(-c3cccc(C(F)(F)F)c3)o2)c1. The summed E-state index contributed by atoms with van der Waals surface area (Å²) < 4.78 is 66.8. The van der Waals surface area contributed by atoms with Gasteiger partial charge in [-0.05, 0) is 42.5 Å². The van der Waals surface area contributed by atoms with E-state index < -0.39 is 21.8 Å². The van der Waals surface area contributed by atoms with Crippen LogP contribution < -0.4 is 10.5 Å². The molecule has 0 aliphatic carbocycles. The fraction of sp³-hybridized carbons (Fsp3) is 0.111. The van der Waals surface area contributed by atoms with Gasteiger partial charge in [0.05, 0.1) is 17.0 Å². The van der Waals surface area contributed by atoms with Crippen LogP contribution >= 0.6 is 0 Å². The van der Waals surface area contributed by atoms with Gasteiger partial charge >= 0.3 is 6.18 Å². The summed E-state index contributed by atoms with van der Waals surface area (Å²) in [5.41, 5.74) is 0.0710. The second-order valence-corrected chi connectivity index (χ2v) is 7.33. The summed E-state index contributed by atoms with van der Waals surface area (Å²) in [5.74, 6) is 0.777. The van der Waals surface area contributed by atoms with Crippen LogP contribution in [0.1, 0.15) is 11.3 Å². The van der Waals surface area contributed by atoms with Gasteiger partial charge < -0.3 is 9.73 Å². The molecule has 0 radical (unpaired) electrons. The van der Waals surface area contributed by atoms with Crippen LogP contribution in [0.4, 0.5) is 18.9 Å². The zero-order valence-electron chi connectivity index (χ0n) is 13.8. The molecule has 9 heteroatoms. The molecule has 5 nitrogen and oxygen atoms in total. The lowest BCUT2D eigenvalue weighted by Gasteiger charge is -2.08. The van der Waals surface area contributed by atoms with E-state index in [4.69, 9.17) is 9.56 Å². The quantitative estimate of drug-likeness (QED) is 0.676. The molecule has 0 amide bonds. The fourth-order valence-corrected chi connectivity index (χ4v) is 3.01. The van der Waals surface area contributed by atoms with Crippen molar-refractivity contribution in [2.45, 2.75) is 17.6 Å². The van der Waals surface area contributed by atoms with Crippen molar-refractivity contribution in [3.8, 4) is 11.3 Å². The van der Waals surface area contributed by atoms with Gasteiger partial charge in [-0.15, -0.1) is 0 Å². The highest BCUT2D eigenvalue weighted by atomic mass is 32.2. The molecule has 0 bridgehead atoms. The summed E-state index contributed by atoms with van der Waals surface area (Å²) in [4.78, 5) is -0.0309. The first-order chi connectivity index (χ1) is 12.6. The molecule has 0 spiro atoms. The van der Waals surface area contributed by atoms with Crippen LogP contribution in [-0.4, -0.2) is 8.42 Å². The molecule has 0 saturated carbocycles. The number of nitrogens with one attached hydrogen (secondary N) is 1. The second-order valence-electron chi connectivity index (χ2n) is 5.77. The van der Waals surface area contributed by atoms with E-state index in [2.05, 4.69) is 5.32 Å².